The lowest BCUT2D eigenvalue weighted by Crippen LogP contribution is -2.23. The van der Waals surface area contributed by atoms with Gasteiger partial charge in [-0.3, -0.25) is 0 Å². The lowest BCUT2D eigenvalue weighted by molar-refractivity contribution is 0.0600. The minimum absolute atomic E-state index is 0.400. The second-order valence-electron chi connectivity index (χ2n) is 6.80. The molecule has 3 rings (SSSR count). The van der Waals surface area contributed by atoms with Gasteiger partial charge in [-0.1, -0.05) is 28.1 Å². The Kier molecular flexibility index (Phi) is 7.89. The zero-order valence-corrected chi connectivity index (χ0v) is 19.4. The van der Waals surface area contributed by atoms with Gasteiger partial charge in [0.25, 0.3) is 0 Å². The van der Waals surface area contributed by atoms with Gasteiger partial charge in [-0.05, 0) is 55.0 Å². The van der Waals surface area contributed by atoms with Crippen molar-refractivity contribution < 1.29 is 19.0 Å². The van der Waals surface area contributed by atoms with Crippen LogP contribution in [0.5, 0.6) is 11.5 Å². The van der Waals surface area contributed by atoms with Gasteiger partial charge in [-0.25, -0.2) is 9.78 Å². The average molecular weight is 485 g/mol. The third kappa shape index (κ3) is 5.98. The van der Waals surface area contributed by atoms with E-state index in [-0.39, 0.29) is 0 Å². The van der Waals surface area contributed by atoms with Crippen molar-refractivity contribution in [3.8, 4) is 11.5 Å². The Morgan fingerprint density at radius 1 is 1.06 bits per heavy atom. The number of hydrogen-bond acceptors (Lipinski definition) is 6. The minimum atomic E-state index is -0.400. The number of nitrogens with zero attached hydrogens (tertiary/aromatic N) is 2. The van der Waals surface area contributed by atoms with Crippen molar-refractivity contribution in [1.29, 1.82) is 0 Å². The smallest absolute Gasteiger partial charge is 0.339 e. The van der Waals surface area contributed by atoms with Crippen LogP contribution in [0.25, 0.3) is 0 Å². The number of anilines is 1. The van der Waals surface area contributed by atoms with Crippen LogP contribution in [0.15, 0.2) is 65.3 Å². The van der Waals surface area contributed by atoms with Crippen LogP contribution in [0.2, 0.25) is 0 Å². The highest BCUT2D eigenvalue weighted by molar-refractivity contribution is 9.10. The fraction of sp³-hybridized carbons (Fsp3) is 0.250. The van der Waals surface area contributed by atoms with Gasteiger partial charge in [-0.2, -0.15) is 0 Å². The first kappa shape index (κ1) is 22.6. The Balaban J connectivity index is 1.75. The Morgan fingerprint density at radius 3 is 2.45 bits per heavy atom. The second kappa shape index (κ2) is 10.8. The van der Waals surface area contributed by atoms with E-state index in [9.17, 15) is 4.79 Å². The largest absolute Gasteiger partial charge is 0.497 e. The molecule has 2 aromatic carbocycles. The molecule has 1 aromatic heterocycles. The van der Waals surface area contributed by atoms with Gasteiger partial charge < -0.3 is 19.1 Å². The number of esters is 1. The summed E-state index contributed by atoms with van der Waals surface area (Å²) >= 11 is 3.55. The number of benzene rings is 2. The predicted octanol–water partition coefficient (Wildman–Crippen LogP) is 5.24. The topological polar surface area (TPSA) is 60.9 Å². The highest BCUT2D eigenvalue weighted by Crippen LogP contribution is 2.27. The standard InChI is InChI=1S/C24H25BrN2O4/c1-4-27(23-12-7-18(14-26-23)24(28)30-3)15-19-13-20(25)8-11-22(19)31-16-17-5-9-21(29-2)10-6-17/h5-14H,4,15-16H2,1-3H3. The first-order valence-electron chi connectivity index (χ1n) is 9.87. The van der Waals surface area contributed by atoms with Crippen LogP contribution in [0.1, 0.15) is 28.4 Å². The molecule has 3 aromatic rings. The number of methoxy groups -OCH3 is 2. The molecule has 0 aliphatic carbocycles. The SMILES string of the molecule is CCN(Cc1cc(Br)ccc1OCc1ccc(OC)cc1)c1ccc(C(=O)OC)cn1. The van der Waals surface area contributed by atoms with E-state index in [4.69, 9.17) is 14.2 Å². The summed E-state index contributed by atoms with van der Waals surface area (Å²) in [6.45, 7) is 3.87. The highest BCUT2D eigenvalue weighted by Gasteiger charge is 2.13. The van der Waals surface area contributed by atoms with Gasteiger partial charge in [0.2, 0.25) is 0 Å². The summed E-state index contributed by atoms with van der Waals surface area (Å²) in [5.74, 6) is 2.00. The normalized spacial score (nSPS) is 10.5. The van der Waals surface area contributed by atoms with Gasteiger partial charge in [0, 0.05) is 29.3 Å². The second-order valence-corrected chi connectivity index (χ2v) is 7.72. The number of carbonyl (C=O) groups excluding carboxylic acids is 1. The summed E-state index contributed by atoms with van der Waals surface area (Å²) in [5.41, 5.74) is 2.51. The molecule has 0 spiro atoms. The molecule has 7 heteroatoms. The number of rotatable bonds is 9. The maximum Gasteiger partial charge on any atom is 0.339 e. The summed E-state index contributed by atoms with van der Waals surface area (Å²) in [5, 5.41) is 0. The summed E-state index contributed by atoms with van der Waals surface area (Å²) in [7, 11) is 3.01. The molecule has 31 heavy (non-hydrogen) atoms. The Labute approximate surface area is 190 Å². The Hall–Kier alpha value is -3.06. The van der Waals surface area contributed by atoms with Crippen LogP contribution >= 0.6 is 15.9 Å². The van der Waals surface area contributed by atoms with E-state index in [1.807, 2.05) is 42.5 Å². The highest BCUT2D eigenvalue weighted by atomic mass is 79.9. The van der Waals surface area contributed by atoms with Crippen molar-refractivity contribution in [2.75, 3.05) is 25.7 Å². The van der Waals surface area contributed by atoms with E-state index in [2.05, 4.69) is 38.8 Å². The molecule has 0 aliphatic heterocycles. The molecule has 0 fully saturated rings. The first-order chi connectivity index (χ1) is 15.0. The van der Waals surface area contributed by atoms with Crippen LogP contribution in [-0.2, 0) is 17.9 Å². The molecule has 0 saturated carbocycles. The molecule has 1 heterocycles. The van der Waals surface area contributed by atoms with Gasteiger partial charge >= 0.3 is 5.97 Å². The van der Waals surface area contributed by atoms with Crippen molar-refractivity contribution in [3.63, 3.8) is 0 Å². The fourth-order valence-electron chi connectivity index (χ4n) is 3.07. The molecule has 162 valence electrons. The van der Waals surface area contributed by atoms with Crippen LogP contribution in [0.4, 0.5) is 5.82 Å². The number of hydrogen-bond donors (Lipinski definition) is 0. The van der Waals surface area contributed by atoms with Crippen molar-refractivity contribution in [2.24, 2.45) is 0 Å². The molecule has 0 bridgehead atoms. The molecule has 6 nitrogen and oxygen atoms in total. The van der Waals surface area contributed by atoms with Crippen LogP contribution < -0.4 is 14.4 Å². The number of halogens is 1. The number of carbonyl (C=O) groups is 1. The Morgan fingerprint density at radius 2 is 1.84 bits per heavy atom. The van der Waals surface area contributed by atoms with E-state index in [0.717, 1.165) is 39.5 Å². The van der Waals surface area contributed by atoms with E-state index < -0.39 is 5.97 Å². The molecule has 0 unspecified atom stereocenters. The lowest BCUT2D eigenvalue weighted by Gasteiger charge is -2.23. The zero-order chi connectivity index (χ0) is 22.2. The maximum atomic E-state index is 11.7. The number of pyridine rings is 1. The molecule has 0 atom stereocenters. The third-order valence-corrected chi connectivity index (χ3v) is 5.31. The predicted molar refractivity (Wildman–Crippen MR) is 124 cm³/mol. The van der Waals surface area contributed by atoms with Gasteiger partial charge in [0.1, 0.15) is 23.9 Å². The lowest BCUT2D eigenvalue weighted by atomic mass is 10.1. The van der Waals surface area contributed by atoms with Crippen LogP contribution in [0.3, 0.4) is 0 Å². The summed E-state index contributed by atoms with van der Waals surface area (Å²) in [6.07, 6.45) is 1.53. The first-order valence-corrected chi connectivity index (χ1v) is 10.7. The molecule has 0 radical (unpaired) electrons. The van der Waals surface area contributed by atoms with Crippen LogP contribution in [0, 0.1) is 0 Å². The van der Waals surface area contributed by atoms with Crippen LogP contribution in [-0.4, -0.2) is 31.7 Å². The van der Waals surface area contributed by atoms with Crippen molar-refractivity contribution in [3.05, 3.63) is 82.0 Å². The van der Waals surface area contributed by atoms with Crippen molar-refractivity contribution >= 4 is 27.7 Å². The summed E-state index contributed by atoms with van der Waals surface area (Å²) in [6, 6.07) is 17.3. The maximum absolute atomic E-state index is 11.7. The molecule has 0 amide bonds. The van der Waals surface area contributed by atoms with E-state index >= 15 is 0 Å². The average Bonchev–Trinajstić information content (AvgIpc) is 2.82. The molecular weight excluding hydrogens is 460 g/mol. The van der Waals surface area contributed by atoms with Gasteiger partial charge in [-0.15, -0.1) is 0 Å². The fourth-order valence-corrected chi connectivity index (χ4v) is 3.48. The van der Waals surface area contributed by atoms with Crippen molar-refractivity contribution in [2.45, 2.75) is 20.1 Å². The molecule has 0 aliphatic rings. The molecular formula is C24H25BrN2O4. The van der Waals surface area contributed by atoms with Gasteiger partial charge in [0.05, 0.1) is 19.8 Å². The number of ether oxygens (including phenoxy) is 3. The monoisotopic (exact) mass is 484 g/mol. The minimum Gasteiger partial charge on any atom is -0.497 e. The quantitative estimate of drug-likeness (QED) is 0.386. The third-order valence-electron chi connectivity index (χ3n) is 4.81. The van der Waals surface area contributed by atoms with Gasteiger partial charge in [0.15, 0.2) is 0 Å². The van der Waals surface area contributed by atoms with Crippen molar-refractivity contribution in [1.82, 2.24) is 4.98 Å². The molecule has 0 saturated heterocycles. The van der Waals surface area contributed by atoms with E-state index in [1.165, 1.54) is 13.3 Å². The van der Waals surface area contributed by atoms with E-state index in [1.54, 1.807) is 13.2 Å². The van der Waals surface area contributed by atoms with E-state index in [0.29, 0.717) is 18.7 Å². The zero-order valence-electron chi connectivity index (χ0n) is 17.8. The summed E-state index contributed by atoms with van der Waals surface area (Å²) in [4.78, 5) is 18.2. The number of aromatic nitrogens is 1. The molecule has 0 N–H and O–H groups in total. The Bertz CT molecular complexity index is 1010. The summed E-state index contributed by atoms with van der Waals surface area (Å²) < 4.78 is 17.1.